The van der Waals surface area contributed by atoms with E-state index in [1.807, 2.05) is 0 Å². The van der Waals surface area contributed by atoms with Crippen LogP contribution in [0.3, 0.4) is 0 Å². The van der Waals surface area contributed by atoms with Crippen molar-refractivity contribution in [2.45, 2.75) is 6.92 Å². The van der Waals surface area contributed by atoms with Crippen LogP contribution < -0.4 is 5.32 Å². The quantitative estimate of drug-likeness (QED) is 0.403. The monoisotopic (exact) mass is 474 g/mol. The Balaban J connectivity index is 2.28. The molecule has 0 fully saturated rings. The Morgan fingerprint density at radius 2 is 1.92 bits per heavy atom. The summed E-state index contributed by atoms with van der Waals surface area (Å²) in [7, 11) is 1.51. The number of nitro benzene ring substituents is 1. The van der Waals surface area contributed by atoms with E-state index in [0.717, 1.165) is 0 Å². The molecule has 25 heavy (non-hydrogen) atoms. The van der Waals surface area contributed by atoms with Gasteiger partial charge in [0.2, 0.25) is 0 Å². The molecular weight excluding hydrogens is 464 g/mol. The van der Waals surface area contributed by atoms with Gasteiger partial charge in [0.1, 0.15) is 5.69 Å². The first-order valence-electron chi connectivity index (χ1n) is 6.90. The highest BCUT2D eigenvalue weighted by molar-refractivity contribution is 9.11. The van der Waals surface area contributed by atoms with Gasteiger partial charge in [0.25, 0.3) is 11.6 Å². The summed E-state index contributed by atoms with van der Waals surface area (Å²) in [6, 6.07) is 3.84. The van der Waals surface area contributed by atoms with Gasteiger partial charge in [-0.25, -0.2) is 4.79 Å². The molecule has 0 saturated heterocycles. The van der Waals surface area contributed by atoms with Gasteiger partial charge in [0, 0.05) is 34.2 Å². The summed E-state index contributed by atoms with van der Waals surface area (Å²) in [4.78, 5) is 34.4. The zero-order valence-electron chi connectivity index (χ0n) is 13.1. The average molecular weight is 476 g/mol. The normalized spacial score (nSPS) is 10.4. The van der Waals surface area contributed by atoms with E-state index < -0.39 is 16.8 Å². The van der Waals surface area contributed by atoms with E-state index in [9.17, 15) is 19.7 Å². The minimum absolute atomic E-state index is 0.00251. The number of non-ortho nitro benzene ring substituents is 1. The fourth-order valence-electron chi connectivity index (χ4n) is 1.94. The van der Waals surface area contributed by atoms with Crippen LogP contribution >= 0.6 is 31.9 Å². The first kappa shape index (κ1) is 19.1. The van der Waals surface area contributed by atoms with Crippen LogP contribution in [-0.4, -0.2) is 33.2 Å². The number of ether oxygens (including phenoxy) is 1. The number of aromatic nitrogens is 2. The molecule has 2 aromatic rings. The number of nitrogens with one attached hydrogen (secondary N) is 1. The highest BCUT2D eigenvalue weighted by atomic mass is 79.9. The fourth-order valence-corrected chi connectivity index (χ4v) is 3.30. The number of amides is 1. The molecule has 0 spiro atoms. The number of carbonyl (C=O) groups excluding carboxylic acids is 2. The third kappa shape index (κ3) is 4.23. The first-order chi connectivity index (χ1) is 11.7. The lowest BCUT2D eigenvalue weighted by molar-refractivity contribution is -0.385. The Morgan fingerprint density at radius 1 is 1.32 bits per heavy atom. The molecule has 0 bridgehead atoms. The summed E-state index contributed by atoms with van der Waals surface area (Å²) in [5.74, 6) is -1.17. The van der Waals surface area contributed by atoms with Crippen molar-refractivity contribution in [3.05, 3.63) is 48.6 Å². The van der Waals surface area contributed by atoms with E-state index in [4.69, 9.17) is 4.74 Å². The van der Waals surface area contributed by atoms with Crippen molar-refractivity contribution in [2.75, 3.05) is 11.9 Å². The largest absolute Gasteiger partial charge is 0.461 e. The van der Waals surface area contributed by atoms with Crippen molar-refractivity contribution in [1.82, 2.24) is 9.78 Å². The summed E-state index contributed by atoms with van der Waals surface area (Å²) in [5, 5.41) is 17.4. The van der Waals surface area contributed by atoms with Gasteiger partial charge in [-0.3, -0.25) is 19.6 Å². The number of esters is 1. The number of nitrogens with zero attached hydrogens (tertiary/aromatic N) is 3. The molecule has 11 heteroatoms. The molecule has 9 nitrogen and oxygen atoms in total. The van der Waals surface area contributed by atoms with Gasteiger partial charge in [-0.15, -0.1) is 0 Å². The zero-order chi connectivity index (χ0) is 18.7. The number of halogens is 2. The zero-order valence-corrected chi connectivity index (χ0v) is 16.2. The van der Waals surface area contributed by atoms with Gasteiger partial charge in [-0.2, -0.15) is 5.10 Å². The van der Waals surface area contributed by atoms with Gasteiger partial charge in [-0.05, 0) is 38.8 Å². The SMILES string of the molecule is CCOC(=O)c1cc(C(=O)Nc2c(Br)cc([N+](=O)[O-])cc2Br)nn1C. The molecule has 0 radical (unpaired) electrons. The average Bonchev–Trinajstić information content (AvgIpc) is 2.92. The van der Waals surface area contributed by atoms with Gasteiger partial charge < -0.3 is 10.1 Å². The van der Waals surface area contributed by atoms with Crippen LogP contribution in [0.25, 0.3) is 0 Å². The van der Waals surface area contributed by atoms with Crippen LogP contribution in [-0.2, 0) is 11.8 Å². The number of hydrogen-bond donors (Lipinski definition) is 1. The van der Waals surface area contributed by atoms with Crippen LogP contribution in [0, 0.1) is 10.1 Å². The highest BCUT2D eigenvalue weighted by Crippen LogP contribution is 2.35. The Morgan fingerprint density at radius 3 is 2.44 bits per heavy atom. The summed E-state index contributed by atoms with van der Waals surface area (Å²) in [6.45, 7) is 1.87. The van der Waals surface area contributed by atoms with Gasteiger partial charge in [-0.1, -0.05) is 0 Å². The van der Waals surface area contributed by atoms with E-state index >= 15 is 0 Å². The van der Waals surface area contributed by atoms with Crippen molar-refractivity contribution in [3.63, 3.8) is 0 Å². The van der Waals surface area contributed by atoms with Crippen LogP contribution in [0.5, 0.6) is 0 Å². The molecule has 0 aliphatic heterocycles. The number of nitro groups is 1. The summed E-state index contributed by atoms with van der Waals surface area (Å²) >= 11 is 6.36. The van der Waals surface area contributed by atoms with Crippen molar-refractivity contribution in [3.8, 4) is 0 Å². The van der Waals surface area contributed by atoms with Crippen LogP contribution in [0.1, 0.15) is 27.9 Å². The van der Waals surface area contributed by atoms with Crippen LogP contribution in [0.15, 0.2) is 27.1 Å². The molecule has 132 valence electrons. The lowest BCUT2D eigenvalue weighted by Crippen LogP contribution is -2.14. The maximum Gasteiger partial charge on any atom is 0.356 e. The Kier molecular flexibility index (Phi) is 5.90. The highest BCUT2D eigenvalue weighted by Gasteiger charge is 2.21. The molecule has 0 atom stereocenters. The Bertz CT molecular complexity index is 842. The molecule has 0 saturated carbocycles. The second-order valence-corrected chi connectivity index (χ2v) is 6.46. The molecule has 0 aliphatic carbocycles. The third-order valence-electron chi connectivity index (χ3n) is 3.07. The minimum atomic E-state index is -0.589. The summed E-state index contributed by atoms with van der Waals surface area (Å²) < 4.78 is 6.77. The lowest BCUT2D eigenvalue weighted by Gasteiger charge is -2.08. The van der Waals surface area contributed by atoms with Gasteiger partial charge in [0.05, 0.1) is 17.2 Å². The van der Waals surface area contributed by atoms with Gasteiger partial charge in [0.15, 0.2) is 5.69 Å². The fraction of sp³-hybridized carbons (Fsp3) is 0.214. The third-order valence-corrected chi connectivity index (χ3v) is 4.32. The molecule has 1 aromatic heterocycles. The van der Waals surface area contributed by atoms with Gasteiger partial charge >= 0.3 is 5.97 Å². The molecule has 1 heterocycles. The van der Waals surface area contributed by atoms with Crippen molar-refractivity contribution in [2.24, 2.45) is 7.05 Å². The number of carbonyl (C=O) groups is 2. The van der Waals surface area contributed by atoms with Crippen molar-refractivity contribution in [1.29, 1.82) is 0 Å². The van der Waals surface area contributed by atoms with Crippen molar-refractivity contribution >= 4 is 55.1 Å². The smallest absolute Gasteiger partial charge is 0.356 e. The summed E-state index contributed by atoms with van der Waals surface area (Å²) in [5.41, 5.74) is 0.301. The van der Waals surface area contributed by atoms with E-state index in [0.29, 0.717) is 14.6 Å². The molecular formula is C14H12Br2N4O5. The lowest BCUT2D eigenvalue weighted by atomic mass is 10.2. The van der Waals surface area contributed by atoms with E-state index in [2.05, 4.69) is 42.3 Å². The first-order valence-corrected chi connectivity index (χ1v) is 8.49. The van der Waals surface area contributed by atoms with Crippen molar-refractivity contribution < 1.29 is 19.2 Å². The molecule has 1 aromatic carbocycles. The molecule has 2 rings (SSSR count). The Hall–Kier alpha value is -2.27. The molecule has 0 aliphatic rings. The predicted molar refractivity (Wildman–Crippen MR) is 95.6 cm³/mol. The maximum absolute atomic E-state index is 12.4. The number of benzene rings is 1. The second-order valence-electron chi connectivity index (χ2n) is 4.75. The molecule has 1 amide bonds. The van der Waals surface area contributed by atoms with E-state index in [-0.39, 0.29) is 23.7 Å². The summed E-state index contributed by atoms with van der Waals surface area (Å²) in [6.07, 6.45) is 0. The number of anilines is 1. The van der Waals surface area contributed by atoms with Crippen LogP contribution in [0.4, 0.5) is 11.4 Å². The molecule has 0 unspecified atom stereocenters. The maximum atomic E-state index is 12.4. The minimum Gasteiger partial charge on any atom is -0.461 e. The molecule has 1 N–H and O–H groups in total. The van der Waals surface area contributed by atoms with E-state index in [1.165, 1.54) is 29.9 Å². The van der Waals surface area contributed by atoms with Crippen LogP contribution in [0.2, 0.25) is 0 Å². The Labute approximate surface area is 158 Å². The topological polar surface area (TPSA) is 116 Å². The second kappa shape index (κ2) is 7.74. The number of rotatable bonds is 5. The number of hydrogen-bond acceptors (Lipinski definition) is 6. The standard InChI is InChI=1S/C14H12Br2N4O5/c1-3-25-14(22)11-6-10(18-19(11)2)13(21)17-12-8(15)4-7(20(23)24)5-9(12)16/h4-6H,3H2,1-2H3,(H,17,21). The van der Waals surface area contributed by atoms with E-state index in [1.54, 1.807) is 6.92 Å². The predicted octanol–water partition coefficient (Wildman–Crippen LogP) is 3.28. The number of aryl methyl sites for hydroxylation is 1.